The highest BCUT2D eigenvalue weighted by Gasteiger charge is 2.18. The molecular weight excluding hydrogens is 746 g/mol. The maximum Gasteiger partial charge on any atom is 0.224 e. The summed E-state index contributed by atoms with van der Waals surface area (Å²) in [5.41, 5.74) is 3.53. The number of nitrogens with one attached hydrogen (secondary N) is 4. The van der Waals surface area contributed by atoms with Gasteiger partial charge in [-0.2, -0.15) is 4.98 Å². The SMILES string of the molecule is CSc1nc(Cl)c(CNCCO)c(NCc2ccc(Cl)cc2Cl)n1.CSc1nc(NCc2ccc(Cl)cc2Cl)c2c(n1)OCCNC2. The molecule has 5 N–H and O–H groups in total. The predicted molar refractivity (Wildman–Crippen MR) is 196 cm³/mol. The van der Waals surface area contributed by atoms with Gasteiger partial charge in [0.1, 0.15) is 23.4 Å². The van der Waals surface area contributed by atoms with Crippen molar-refractivity contribution in [2.24, 2.45) is 0 Å². The number of nitrogens with zero attached hydrogens (tertiary/aromatic N) is 4. The second kappa shape index (κ2) is 19.3. The van der Waals surface area contributed by atoms with E-state index in [9.17, 15) is 0 Å². The van der Waals surface area contributed by atoms with E-state index in [-0.39, 0.29) is 6.61 Å². The van der Waals surface area contributed by atoms with Gasteiger partial charge in [0.25, 0.3) is 0 Å². The third kappa shape index (κ3) is 11.3. The third-order valence-corrected chi connectivity index (χ3v) is 9.16. The minimum atomic E-state index is 0.0461. The number of hydrogen-bond donors (Lipinski definition) is 5. The van der Waals surface area contributed by atoms with Gasteiger partial charge in [-0.1, -0.05) is 93.7 Å². The number of aliphatic hydroxyl groups excluding tert-OH is 1. The lowest BCUT2D eigenvalue weighted by molar-refractivity contribution is 0.292. The van der Waals surface area contributed by atoms with E-state index < -0.39 is 0 Å². The number of rotatable bonds is 12. The molecule has 0 radical (unpaired) electrons. The van der Waals surface area contributed by atoms with Gasteiger partial charge in [0.2, 0.25) is 5.88 Å². The van der Waals surface area contributed by atoms with Crippen molar-refractivity contribution in [3.63, 3.8) is 0 Å². The first-order chi connectivity index (χ1) is 22.7. The highest BCUT2D eigenvalue weighted by molar-refractivity contribution is 7.98. The summed E-state index contributed by atoms with van der Waals surface area (Å²) in [6.45, 7) is 4.03. The molecule has 5 rings (SSSR count). The fourth-order valence-corrected chi connectivity index (χ4v) is 6.16. The van der Waals surface area contributed by atoms with E-state index in [1.807, 2.05) is 30.7 Å². The molecule has 0 saturated carbocycles. The smallest absolute Gasteiger partial charge is 0.224 e. The lowest BCUT2D eigenvalue weighted by Crippen LogP contribution is -2.20. The zero-order valence-corrected chi connectivity index (χ0v) is 30.9. The Hall–Kier alpha value is -1.97. The van der Waals surface area contributed by atoms with E-state index >= 15 is 0 Å². The van der Waals surface area contributed by atoms with Crippen LogP contribution in [0.5, 0.6) is 5.88 Å². The summed E-state index contributed by atoms with van der Waals surface area (Å²) in [5, 5.41) is 25.9. The van der Waals surface area contributed by atoms with Crippen LogP contribution in [0.25, 0.3) is 0 Å². The maximum atomic E-state index is 8.90. The quantitative estimate of drug-likeness (QED) is 0.0424. The second-order valence-corrected chi connectivity index (χ2v) is 13.4. The van der Waals surface area contributed by atoms with Gasteiger partial charge in [0.15, 0.2) is 10.3 Å². The van der Waals surface area contributed by atoms with E-state index in [1.165, 1.54) is 23.5 Å². The van der Waals surface area contributed by atoms with Crippen LogP contribution in [0.1, 0.15) is 22.3 Å². The number of anilines is 2. The Morgan fingerprint density at radius 2 is 1.40 bits per heavy atom. The number of ether oxygens (including phenoxy) is 1. The Labute approximate surface area is 307 Å². The number of fused-ring (bicyclic) bond motifs is 1. The van der Waals surface area contributed by atoms with E-state index in [0.29, 0.717) is 86.6 Å². The zero-order chi connectivity index (χ0) is 33.8. The van der Waals surface area contributed by atoms with Crippen molar-refractivity contribution in [3.05, 3.63) is 83.9 Å². The monoisotopic (exact) mass is 776 g/mol. The molecule has 47 heavy (non-hydrogen) atoms. The van der Waals surface area contributed by atoms with Gasteiger partial charge in [0, 0.05) is 64.9 Å². The topological polar surface area (TPSA) is 129 Å². The average molecular weight is 779 g/mol. The van der Waals surface area contributed by atoms with Crippen LogP contribution in [-0.4, -0.2) is 63.9 Å². The van der Waals surface area contributed by atoms with Crippen LogP contribution in [0, 0.1) is 0 Å². The van der Waals surface area contributed by atoms with Crippen LogP contribution in [0.3, 0.4) is 0 Å². The molecule has 0 unspecified atom stereocenters. The molecule has 252 valence electrons. The average Bonchev–Trinajstić information content (AvgIpc) is 3.31. The van der Waals surface area contributed by atoms with Crippen LogP contribution in [0.15, 0.2) is 46.7 Å². The van der Waals surface area contributed by atoms with Crippen LogP contribution in [0.2, 0.25) is 25.2 Å². The Morgan fingerprint density at radius 3 is 2.00 bits per heavy atom. The van der Waals surface area contributed by atoms with Crippen molar-refractivity contribution in [1.82, 2.24) is 30.6 Å². The van der Waals surface area contributed by atoms with Gasteiger partial charge in [-0.25, -0.2) is 15.0 Å². The summed E-state index contributed by atoms with van der Waals surface area (Å²) in [6.07, 6.45) is 3.83. The van der Waals surface area contributed by atoms with Gasteiger partial charge in [-0.05, 0) is 47.9 Å². The molecule has 3 heterocycles. The summed E-state index contributed by atoms with van der Waals surface area (Å²) in [5.74, 6) is 2.04. The van der Waals surface area contributed by atoms with Crippen molar-refractivity contribution >= 4 is 93.2 Å². The molecule has 0 atom stereocenters. The molecule has 2 aromatic heterocycles. The number of aliphatic hydroxyl groups is 1. The number of benzene rings is 2. The minimum absolute atomic E-state index is 0.0461. The Morgan fingerprint density at radius 1 is 0.809 bits per heavy atom. The summed E-state index contributed by atoms with van der Waals surface area (Å²) in [6, 6.07) is 10.8. The number of thioether (sulfide) groups is 2. The summed E-state index contributed by atoms with van der Waals surface area (Å²) in [7, 11) is 0. The van der Waals surface area contributed by atoms with E-state index in [2.05, 4.69) is 41.2 Å². The minimum Gasteiger partial charge on any atom is -0.476 e. The fourth-order valence-electron chi connectivity index (χ4n) is 4.21. The van der Waals surface area contributed by atoms with Crippen molar-refractivity contribution in [2.75, 3.05) is 49.4 Å². The summed E-state index contributed by atoms with van der Waals surface area (Å²) >= 11 is 33.4. The highest BCUT2D eigenvalue weighted by atomic mass is 35.5. The van der Waals surface area contributed by atoms with Gasteiger partial charge >= 0.3 is 0 Å². The summed E-state index contributed by atoms with van der Waals surface area (Å²) in [4.78, 5) is 17.7. The third-order valence-electron chi connectivity index (χ3n) is 6.58. The molecule has 1 aliphatic rings. The van der Waals surface area contributed by atoms with E-state index in [1.54, 1.807) is 18.2 Å². The number of hydrogen-bond acceptors (Lipinski definition) is 12. The molecule has 0 aliphatic carbocycles. The molecule has 17 heteroatoms. The van der Waals surface area contributed by atoms with Gasteiger partial charge in [0.05, 0.1) is 12.2 Å². The molecule has 4 aromatic rings. The van der Waals surface area contributed by atoms with Gasteiger partial charge < -0.3 is 31.1 Å². The van der Waals surface area contributed by atoms with Crippen molar-refractivity contribution in [3.8, 4) is 5.88 Å². The molecule has 0 bridgehead atoms. The maximum absolute atomic E-state index is 8.90. The fraction of sp³-hybridized carbons (Fsp3) is 0.333. The van der Waals surface area contributed by atoms with Crippen molar-refractivity contribution in [2.45, 2.75) is 36.5 Å². The molecule has 0 spiro atoms. The number of aromatic nitrogens is 4. The predicted octanol–water partition coefficient (Wildman–Crippen LogP) is 7.45. The first-order valence-corrected chi connectivity index (χ1v) is 18.6. The van der Waals surface area contributed by atoms with Crippen LogP contribution >= 0.6 is 81.5 Å². The first-order valence-electron chi connectivity index (χ1n) is 14.3. The molecular formula is C30H33Cl5N8O2S2. The summed E-state index contributed by atoms with van der Waals surface area (Å²) < 4.78 is 5.71. The molecule has 2 aromatic carbocycles. The number of halogens is 5. The molecule has 0 amide bonds. The second-order valence-electron chi connectivity index (χ2n) is 9.78. The van der Waals surface area contributed by atoms with Crippen molar-refractivity contribution < 1.29 is 9.84 Å². The zero-order valence-electron chi connectivity index (χ0n) is 25.5. The molecule has 0 fully saturated rings. The standard InChI is InChI=1S/C15H17Cl3N4OS.C15H16Cl2N4OS/c1-24-15-21-13(18)11(8-19-4-5-23)14(22-15)20-7-9-2-3-10(16)6-12(9)17;1-23-15-20-13(11-8-18-4-5-22-14(11)21-15)19-7-9-2-3-10(16)6-12(9)17/h2-3,6,19,23H,4-5,7-8H2,1H3,(H,20,21,22);2-3,6,18H,4-5,7-8H2,1H3,(H,19,20,21). The Bertz CT molecular complexity index is 1660. The molecule has 10 nitrogen and oxygen atoms in total. The van der Waals surface area contributed by atoms with Crippen molar-refractivity contribution in [1.29, 1.82) is 0 Å². The first kappa shape index (κ1) is 37.8. The Kier molecular flexibility index (Phi) is 15.5. The van der Waals surface area contributed by atoms with Crippen LogP contribution < -0.4 is 26.0 Å². The van der Waals surface area contributed by atoms with E-state index in [4.69, 9.17) is 67.8 Å². The van der Waals surface area contributed by atoms with E-state index in [0.717, 1.165) is 34.6 Å². The normalized spacial score (nSPS) is 12.3. The largest absolute Gasteiger partial charge is 0.476 e. The molecule has 1 aliphatic heterocycles. The van der Waals surface area contributed by atoms with Gasteiger partial charge in [-0.15, -0.1) is 0 Å². The van der Waals surface area contributed by atoms with Crippen LogP contribution in [0.4, 0.5) is 11.6 Å². The highest BCUT2D eigenvalue weighted by Crippen LogP contribution is 2.29. The van der Waals surface area contributed by atoms with Crippen LogP contribution in [-0.2, 0) is 26.2 Å². The lowest BCUT2D eigenvalue weighted by atomic mass is 10.2. The molecule has 0 saturated heterocycles. The lowest BCUT2D eigenvalue weighted by Gasteiger charge is -2.14. The Balaban J connectivity index is 0.000000213. The van der Waals surface area contributed by atoms with Gasteiger partial charge in [-0.3, -0.25) is 0 Å².